The number of hydrogen-bond donors (Lipinski definition) is 2. The molecule has 0 saturated carbocycles. The minimum Gasteiger partial charge on any atom is -0.464 e. The van der Waals surface area contributed by atoms with E-state index in [4.69, 9.17) is 4.74 Å². The van der Waals surface area contributed by atoms with Crippen LogP contribution in [0.2, 0.25) is 0 Å². The Balaban J connectivity index is 2.72. The van der Waals surface area contributed by atoms with Gasteiger partial charge in [0.25, 0.3) is 0 Å². The summed E-state index contributed by atoms with van der Waals surface area (Å²) >= 11 is 0. The smallest absolute Gasteiger partial charge is 0.345 e. The summed E-state index contributed by atoms with van der Waals surface area (Å²) in [7, 11) is 0. The fraction of sp³-hybridized carbons (Fsp3) is 0.538. The molecule has 0 aliphatic carbocycles. The number of nitrogens with one attached hydrogen (secondary N) is 2. The first-order chi connectivity index (χ1) is 9.35. The van der Waals surface area contributed by atoms with Gasteiger partial charge in [-0.1, -0.05) is 0 Å². The summed E-state index contributed by atoms with van der Waals surface area (Å²) in [4.78, 5) is 40.7. The van der Waals surface area contributed by atoms with Gasteiger partial charge in [0, 0.05) is 17.0 Å². The van der Waals surface area contributed by atoms with E-state index in [-0.39, 0.29) is 18.9 Å². The molecule has 1 unspecified atom stereocenters. The number of nitrogens with zero attached hydrogens (tertiary/aromatic N) is 1. The third-order valence-corrected chi connectivity index (χ3v) is 2.81. The van der Waals surface area contributed by atoms with Crippen LogP contribution in [-0.2, 0) is 20.7 Å². The Morgan fingerprint density at radius 1 is 1.40 bits per heavy atom. The molecule has 0 aliphatic rings. The second-order valence-corrected chi connectivity index (χ2v) is 4.45. The predicted octanol–water partition coefficient (Wildman–Crippen LogP) is -0.00296. The summed E-state index contributed by atoms with van der Waals surface area (Å²) in [6.45, 7) is 6.89. The van der Waals surface area contributed by atoms with Crippen LogP contribution in [0.3, 0.4) is 0 Å². The Hall–Kier alpha value is -2.18. The number of aromatic amines is 1. The lowest BCUT2D eigenvalue weighted by molar-refractivity contribution is -0.146. The van der Waals surface area contributed by atoms with E-state index in [0.29, 0.717) is 17.0 Å². The fourth-order valence-electron chi connectivity index (χ4n) is 1.79. The van der Waals surface area contributed by atoms with Crippen molar-refractivity contribution in [2.24, 2.45) is 0 Å². The van der Waals surface area contributed by atoms with Crippen LogP contribution in [0.15, 0.2) is 4.79 Å². The third kappa shape index (κ3) is 4.18. The third-order valence-electron chi connectivity index (χ3n) is 2.81. The molecule has 1 amide bonds. The number of rotatable bonds is 5. The highest BCUT2D eigenvalue weighted by Crippen LogP contribution is 2.07. The first-order valence-corrected chi connectivity index (χ1v) is 6.37. The monoisotopic (exact) mass is 281 g/mol. The van der Waals surface area contributed by atoms with Gasteiger partial charge in [0.15, 0.2) is 0 Å². The van der Waals surface area contributed by atoms with E-state index in [9.17, 15) is 14.4 Å². The Bertz CT molecular complexity index is 539. The molecule has 1 aromatic rings. The van der Waals surface area contributed by atoms with Crippen LogP contribution in [0.4, 0.5) is 0 Å². The average Bonchev–Trinajstić information content (AvgIpc) is 2.34. The van der Waals surface area contributed by atoms with Gasteiger partial charge in [-0.25, -0.2) is 9.59 Å². The normalized spacial score (nSPS) is 11.8. The van der Waals surface area contributed by atoms with Crippen LogP contribution in [0.25, 0.3) is 0 Å². The van der Waals surface area contributed by atoms with Gasteiger partial charge in [-0.05, 0) is 27.7 Å². The van der Waals surface area contributed by atoms with Crippen molar-refractivity contribution in [2.45, 2.75) is 40.2 Å². The molecule has 0 radical (unpaired) electrons. The zero-order valence-corrected chi connectivity index (χ0v) is 12.1. The Kier molecular flexibility index (Phi) is 5.42. The molecular formula is C13H19N3O4. The highest BCUT2D eigenvalue weighted by molar-refractivity contribution is 5.85. The molecule has 1 heterocycles. The quantitative estimate of drug-likeness (QED) is 0.740. The molecule has 1 aromatic heterocycles. The van der Waals surface area contributed by atoms with Crippen molar-refractivity contribution in [3.8, 4) is 0 Å². The second kappa shape index (κ2) is 6.83. The van der Waals surface area contributed by atoms with Crippen molar-refractivity contribution in [1.29, 1.82) is 0 Å². The first kappa shape index (κ1) is 15.9. The zero-order valence-electron chi connectivity index (χ0n) is 12.1. The Morgan fingerprint density at radius 3 is 2.60 bits per heavy atom. The lowest BCUT2D eigenvalue weighted by Crippen LogP contribution is -2.40. The summed E-state index contributed by atoms with van der Waals surface area (Å²) in [5.41, 5.74) is 1.31. The summed E-state index contributed by atoms with van der Waals surface area (Å²) in [6, 6.07) is -0.709. The number of carbonyl (C=O) groups excluding carboxylic acids is 2. The van der Waals surface area contributed by atoms with Gasteiger partial charge < -0.3 is 15.0 Å². The predicted molar refractivity (Wildman–Crippen MR) is 72.3 cm³/mol. The van der Waals surface area contributed by atoms with Crippen LogP contribution in [0.5, 0.6) is 0 Å². The van der Waals surface area contributed by atoms with E-state index >= 15 is 0 Å². The van der Waals surface area contributed by atoms with E-state index in [1.54, 1.807) is 27.7 Å². The van der Waals surface area contributed by atoms with E-state index < -0.39 is 17.7 Å². The zero-order chi connectivity index (χ0) is 15.3. The average molecular weight is 281 g/mol. The molecule has 1 rings (SSSR count). The molecule has 0 bridgehead atoms. The molecule has 20 heavy (non-hydrogen) atoms. The number of H-pyrrole nitrogens is 1. The number of aryl methyl sites for hydroxylation is 2. The molecule has 0 aromatic carbocycles. The highest BCUT2D eigenvalue weighted by Gasteiger charge is 2.18. The van der Waals surface area contributed by atoms with Crippen molar-refractivity contribution < 1.29 is 14.3 Å². The molecule has 7 heteroatoms. The van der Waals surface area contributed by atoms with Crippen molar-refractivity contribution in [3.63, 3.8) is 0 Å². The number of esters is 1. The van der Waals surface area contributed by atoms with Gasteiger partial charge >= 0.3 is 11.7 Å². The first-order valence-electron chi connectivity index (χ1n) is 6.37. The van der Waals surface area contributed by atoms with Crippen molar-refractivity contribution >= 4 is 11.9 Å². The standard InChI is InChI=1S/C13H19N3O4/c1-5-20-12(18)9(4)14-11(17)6-10-7(2)15-13(19)16-8(10)3/h9H,5-6H2,1-4H3,(H,14,17)(H,15,16,19). The van der Waals surface area contributed by atoms with Crippen molar-refractivity contribution in [3.05, 3.63) is 27.4 Å². The van der Waals surface area contributed by atoms with E-state index in [0.717, 1.165) is 0 Å². The summed E-state index contributed by atoms with van der Waals surface area (Å²) in [6.07, 6.45) is 0.0468. The van der Waals surface area contributed by atoms with Gasteiger partial charge in [-0.3, -0.25) is 4.79 Å². The van der Waals surface area contributed by atoms with Crippen molar-refractivity contribution in [1.82, 2.24) is 15.3 Å². The maximum Gasteiger partial charge on any atom is 0.345 e. The molecule has 1 atom stereocenters. The van der Waals surface area contributed by atoms with Gasteiger partial charge in [0.1, 0.15) is 6.04 Å². The SMILES string of the molecule is CCOC(=O)C(C)NC(=O)Cc1c(C)nc(=O)[nH]c1C. The van der Waals surface area contributed by atoms with Crippen molar-refractivity contribution in [2.75, 3.05) is 6.61 Å². The maximum atomic E-state index is 11.9. The minimum absolute atomic E-state index is 0.0468. The number of aromatic nitrogens is 2. The van der Waals surface area contributed by atoms with E-state index in [1.165, 1.54) is 0 Å². The molecule has 7 nitrogen and oxygen atoms in total. The second-order valence-electron chi connectivity index (χ2n) is 4.45. The minimum atomic E-state index is -0.709. The van der Waals surface area contributed by atoms with Crippen LogP contribution >= 0.6 is 0 Å². The number of hydrogen-bond acceptors (Lipinski definition) is 5. The summed E-state index contributed by atoms with van der Waals surface area (Å²) in [5, 5.41) is 2.55. The van der Waals surface area contributed by atoms with Crippen LogP contribution in [0, 0.1) is 13.8 Å². The molecule has 110 valence electrons. The molecular weight excluding hydrogens is 262 g/mol. The van der Waals surface area contributed by atoms with Crippen LogP contribution in [-0.4, -0.2) is 34.5 Å². The maximum absolute atomic E-state index is 11.9. The molecule has 0 saturated heterocycles. The number of carbonyl (C=O) groups is 2. The van der Waals surface area contributed by atoms with Gasteiger partial charge in [-0.15, -0.1) is 0 Å². The van der Waals surface area contributed by atoms with Gasteiger partial charge in [-0.2, -0.15) is 4.98 Å². The topological polar surface area (TPSA) is 101 Å². The van der Waals surface area contributed by atoms with Crippen LogP contribution < -0.4 is 11.0 Å². The molecule has 0 spiro atoms. The Labute approximate surface area is 116 Å². The Morgan fingerprint density at radius 2 is 2.05 bits per heavy atom. The largest absolute Gasteiger partial charge is 0.464 e. The number of ether oxygens (including phenoxy) is 1. The molecule has 2 N–H and O–H groups in total. The fourth-order valence-corrected chi connectivity index (χ4v) is 1.79. The molecule has 0 aliphatic heterocycles. The van der Waals surface area contributed by atoms with Gasteiger partial charge in [0.05, 0.1) is 13.0 Å². The molecule has 0 fully saturated rings. The van der Waals surface area contributed by atoms with Gasteiger partial charge in [0.2, 0.25) is 5.91 Å². The highest BCUT2D eigenvalue weighted by atomic mass is 16.5. The lowest BCUT2D eigenvalue weighted by atomic mass is 10.1. The van der Waals surface area contributed by atoms with E-state index in [1.807, 2.05) is 0 Å². The lowest BCUT2D eigenvalue weighted by Gasteiger charge is -2.13. The van der Waals surface area contributed by atoms with E-state index in [2.05, 4.69) is 15.3 Å². The number of amides is 1. The summed E-state index contributed by atoms with van der Waals surface area (Å²) < 4.78 is 4.80. The van der Waals surface area contributed by atoms with Crippen LogP contribution in [0.1, 0.15) is 30.8 Å². The summed E-state index contributed by atoms with van der Waals surface area (Å²) in [5.74, 6) is -0.806.